The first-order valence-electron chi connectivity index (χ1n) is 6.90. The maximum Gasteiger partial charge on any atom is 0.255 e. The molecule has 2 rings (SSSR count). The highest BCUT2D eigenvalue weighted by Crippen LogP contribution is 2.31. The number of ether oxygens (including phenoxy) is 2. The predicted molar refractivity (Wildman–Crippen MR) is 69.4 cm³/mol. The predicted octanol–water partition coefficient (Wildman–Crippen LogP) is 1.98. The summed E-state index contributed by atoms with van der Waals surface area (Å²) in [5.41, 5.74) is 5.58. The van der Waals surface area contributed by atoms with Crippen LogP contribution in [0.4, 0.5) is 0 Å². The number of rotatable bonds is 6. The lowest BCUT2D eigenvalue weighted by Crippen LogP contribution is -2.18. The van der Waals surface area contributed by atoms with Gasteiger partial charge in [-0.15, -0.1) is 0 Å². The van der Waals surface area contributed by atoms with Gasteiger partial charge in [0.25, 0.3) is 5.89 Å². The molecule has 1 aliphatic rings. The number of nitrogens with zero attached hydrogens (tertiary/aromatic N) is 2. The van der Waals surface area contributed by atoms with Gasteiger partial charge in [0.2, 0.25) is 0 Å². The highest BCUT2D eigenvalue weighted by Gasteiger charge is 2.30. The molecule has 0 aliphatic carbocycles. The van der Waals surface area contributed by atoms with Gasteiger partial charge in [0.1, 0.15) is 12.2 Å². The Morgan fingerprint density at radius 1 is 1.37 bits per heavy atom. The molecule has 0 bridgehead atoms. The molecule has 3 atom stereocenters. The molecule has 6 nitrogen and oxygen atoms in total. The summed E-state index contributed by atoms with van der Waals surface area (Å²) < 4.78 is 16.7. The molecule has 2 heterocycles. The van der Waals surface area contributed by atoms with E-state index < -0.39 is 0 Å². The van der Waals surface area contributed by atoms with Crippen LogP contribution in [0.3, 0.4) is 0 Å². The Bertz CT molecular complexity index is 394. The Kier molecular flexibility index (Phi) is 4.90. The fraction of sp³-hybridized carbons (Fsp3) is 0.846. The fourth-order valence-corrected chi connectivity index (χ4v) is 2.02. The van der Waals surface area contributed by atoms with Crippen LogP contribution in [0.15, 0.2) is 4.52 Å². The van der Waals surface area contributed by atoms with Crippen LogP contribution in [0, 0.1) is 5.92 Å². The lowest BCUT2D eigenvalue weighted by molar-refractivity contribution is 0.0306. The fourth-order valence-electron chi connectivity index (χ4n) is 2.02. The first-order chi connectivity index (χ1) is 9.10. The summed E-state index contributed by atoms with van der Waals surface area (Å²) in [6.45, 7) is 7.35. The normalized spacial score (nSPS) is 25.1. The Morgan fingerprint density at radius 3 is 2.79 bits per heavy atom. The van der Waals surface area contributed by atoms with Gasteiger partial charge in [-0.1, -0.05) is 19.0 Å². The summed E-state index contributed by atoms with van der Waals surface area (Å²) in [5.74, 6) is 1.60. The third kappa shape index (κ3) is 3.75. The maximum absolute atomic E-state index is 5.73. The van der Waals surface area contributed by atoms with Crippen LogP contribution in [-0.4, -0.2) is 29.4 Å². The van der Waals surface area contributed by atoms with Crippen molar-refractivity contribution in [3.8, 4) is 0 Å². The molecule has 0 radical (unpaired) electrons. The molecule has 0 amide bonds. The van der Waals surface area contributed by atoms with Gasteiger partial charge in [-0.25, -0.2) is 0 Å². The zero-order valence-electron chi connectivity index (χ0n) is 11.8. The molecule has 3 unspecified atom stereocenters. The van der Waals surface area contributed by atoms with E-state index in [0.717, 1.165) is 12.8 Å². The van der Waals surface area contributed by atoms with E-state index in [-0.39, 0.29) is 18.3 Å². The van der Waals surface area contributed by atoms with E-state index in [0.29, 0.717) is 30.8 Å². The highest BCUT2D eigenvalue weighted by atomic mass is 16.5. The van der Waals surface area contributed by atoms with Gasteiger partial charge >= 0.3 is 0 Å². The molecular formula is C13H23N3O3. The summed E-state index contributed by atoms with van der Waals surface area (Å²) in [4.78, 5) is 4.37. The first-order valence-corrected chi connectivity index (χ1v) is 6.90. The second-order valence-corrected chi connectivity index (χ2v) is 5.42. The van der Waals surface area contributed by atoms with Crippen LogP contribution in [-0.2, 0) is 9.47 Å². The van der Waals surface area contributed by atoms with E-state index in [1.165, 1.54) is 0 Å². The second-order valence-electron chi connectivity index (χ2n) is 5.42. The monoisotopic (exact) mass is 269 g/mol. The molecule has 1 aromatic heterocycles. The maximum atomic E-state index is 5.73. The molecule has 1 fully saturated rings. The Balaban J connectivity index is 1.91. The molecule has 2 N–H and O–H groups in total. The van der Waals surface area contributed by atoms with E-state index in [1.807, 2.05) is 6.92 Å². The largest absolute Gasteiger partial charge is 0.370 e. The van der Waals surface area contributed by atoms with E-state index in [4.69, 9.17) is 19.7 Å². The minimum Gasteiger partial charge on any atom is -0.370 e. The molecule has 0 aromatic carbocycles. The third-order valence-corrected chi connectivity index (χ3v) is 3.15. The SMILES string of the molecule is CC(C)COC(C)c1noc(C2CCC(CN)O2)n1. The average Bonchev–Trinajstić information content (AvgIpc) is 3.03. The number of nitrogens with two attached hydrogens (primary N) is 1. The Labute approximate surface area is 113 Å². The van der Waals surface area contributed by atoms with Gasteiger partial charge in [-0.05, 0) is 25.7 Å². The minimum atomic E-state index is -0.161. The molecule has 1 saturated heterocycles. The van der Waals surface area contributed by atoms with Gasteiger partial charge in [0, 0.05) is 13.2 Å². The zero-order chi connectivity index (χ0) is 13.8. The van der Waals surface area contributed by atoms with Crippen molar-refractivity contribution in [2.75, 3.05) is 13.2 Å². The zero-order valence-corrected chi connectivity index (χ0v) is 11.8. The quantitative estimate of drug-likeness (QED) is 0.850. The molecule has 108 valence electrons. The van der Waals surface area contributed by atoms with E-state index >= 15 is 0 Å². The molecule has 0 saturated carbocycles. The van der Waals surface area contributed by atoms with Gasteiger partial charge in [0.15, 0.2) is 5.82 Å². The second kappa shape index (κ2) is 6.45. The number of hydrogen-bond donors (Lipinski definition) is 1. The minimum absolute atomic E-state index is 0.106. The summed E-state index contributed by atoms with van der Waals surface area (Å²) >= 11 is 0. The van der Waals surface area contributed by atoms with Gasteiger partial charge < -0.3 is 19.7 Å². The van der Waals surface area contributed by atoms with Crippen molar-refractivity contribution in [3.63, 3.8) is 0 Å². The van der Waals surface area contributed by atoms with Crippen LogP contribution in [0.2, 0.25) is 0 Å². The van der Waals surface area contributed by atoms with Gasteiger partial charge in [-0.2, -0.15) is 4.98 Å². The van der Waals surface area contributed by atoms with Crippen molar-refractivity contribution in [1.82, 2.24) is 10.1 Å². The van der Waals surface area contributed by atoms with Gasteiger partial charge in [-0.3, -0.25) is 0 Å². The van der Waals surface area contributed by atoms with Crippen LogP contribution >= 0.6 is 0 Å². The van der Waals surface area contributed by atoms with E-state index in [1.54, 1.807) is 0 Å². The smallest absolute Gasteiger partial charge is 0.255 e. The van der Waals surface area contributed by atoms with E-state index in [2.05, 4.69) is 24.0 Å². The standard InChI is InChI=1S/C13H23N3O3/c1-8(2)7-17-9(3)12-15-13(19-16-12)11-5-4-10(6-14)18-11/h8-11H,4-7,14H2,1-3H3. The summed E-state index contributed by atoms with van der Waals surface area (Å²) in [6, 6.07) is 0. The third-order valence-electron chi connectivity index (χ3n) is 3.15. The Morgan fingerprint density at radius 2 is 2.16 bits per heavy atom. The van der Waals surface area contributed by atoms with Crippen molar-refractivity contribution in [2.24, 2.45) is 11.7 Å². The highest BCUT2D eigenvalue weighted by molar-refractivity contribution is 4.95. The van der Waals surface area contributed by atoms with Crippen molar-refractivity contribution in [2.45, 2.75) is 51.9 Å². The lowest BCUT2D eigenvalue weighted by Gasteiger charge is -2.11. The van der Waals surface area contributed by atoms with Crippen molar-refractivity contribution >= 4 is 0 Å². The topological polar surface area (TPSA) is 83.4 Å². The molecule has 19 heavy (non-hydrogen) atoms. The number of aromatic nitrogens is 2. The van der Waals surface area contributed by atoms with Crippen LogP contribution < -0.4 is 5.73 Å². The van der Waals surface area contributed by atoms with Crippen LogP contribution in [0.1, 0.15) is 57.5 Å². The molecular weight excluding hydrogens is 246 g/mol. The van der Waals surface area contributed by atoms with Crippen molar-refractivity contribution in [1.29, 1.82) is 0 Å². The first kappa shape index (κ1) is 14.4. The Hall–Kier alpha value is -0.980. The summed E-state index contributed by atoms with van der Waals surface area (Å²) in [5, 5.41) is 3.97. The van der Waals surface area contributed by atoms with Gasteiger partial charge in [0.05, 0.1) is 6.10 Å². The molecule has 6 heteroatoms. The molecule has 0 spiro atoms. The summed E-state index contributed by atoms with van der Waals surface area (Å²) in [6.07, 6.45) is 1.65. The average molecular weight is 269 g/mol. The lowest BCUT2D eigenvalue weighted by atomic mass is 10.2. The van der Waals surface area contributed by atoms with Crippen LogP contribution in [0.25, 0.3) is 0 Å². The van der Waals surface area contributed by atoms with Crippen LogP contribution in [0.5, 0.6) is 0 Å². The molecule has 1 aliphatic heterocycles. The molecule has 1 aromatic rings. The summed E-state index contributed by atoms with van der Waals surface area (Å²) in [7, 11) is 0. The van der Waals surface area contributed by atoms with E-state index in [9.17, 15) is 0 Å². The van der Waals surface area contributed by atoms with Crippen molar-refractivity contribution in [3.05, 3.63) is 11.7 Å². The van der Waals surface area contributed by atoms with Crippen molar-refractivity contribution < 1.29 is 14.0 Å². The number of hydrogen-bond acceptors (Lipinski definition) is 6.